The minimum atomic E-state index is -4.71. The number of rotatable bonds is 62. The molecule has 3 atom stereocenters. The fourth-order valence-electron chi connectivity index (χ4n) is 9.70. The Hall–Kier alpha value is -3.07. The van der Waals surface area contributed by atoms with E-state index in [0.717, 1.165) is 116 Å². The standard InChI is InChI=1S/C73H131N2O7P/c1-7-10-13-16-19-22-25-27-29-31-33-35-36-37-38-40-42-44-46-48-51-54-57-60-63-66-73(77)82-71(64-61-58-55-52-49-24-21-18-15-12-9-3)70(69-81-83(78,79)80-68-67-75(4,5)6)74-72(76)65-62-59-56-53-50-47-45-43-41-39-34-32-30-28-26-23-20-17-14-11-8-2/h10,13,19-20,22-23,27-30,33,35,37-38,61,64,70-71H,7-9,11-12,14-18,21,24-26,31-32,34,36,39-60,62-63,65-69H2,1-6H3,(H-,74,76,78,79)/b13-10-,22-19-,23-20-,29-27-,30-28-,35-33-,38-37-,64-61+. The molecule has 0 fully saturated rings. The van der Waals surface area contributed by atoms with E-state index < -0.39 is 26.6 Å². The van der Waals surface area contributed by atoms with Crippen LogP contribution in [0.25, 0.3) is 0 Å². The third-order valence-electron chi connectivity index (χ3n) is 15.0. The fourth-order valence-corrected chi connectivity index (χ4v) is 10.4. The van der Waals surface area contributed by atoms with Crippen LogP contribution in [0.2, 0.25) is 0 Å². The predicted molar refractivity (Wildman–Crippen MR) is 358 cm³/mol. The molecule has 83 heavy (non-hydrogen) atoms. The van der Waals surface area contributed by atoms with Crippen molar-refractivity contribution in [3.8, 4) is 0 Å². The van der Waals surface area contributed by atoms with E-state index in [-0.39, 0.29) is 24.9 Å². The van der Waals surface area contributed by atoms with Gasteiger partial charge in [0, 0.05) is 12.8 Å². The van der Waals surface area contributed by atoms with Crippen molar-refractivity contribution in [2.75, 3.05) is 40.9 Å². The van der Waals surface area contributed by atoms with Crippen molar-refractivity contribution in [3.63, 3.8) is 0 Å². The number of hydrogen-bond donors (Lipinski definition) is 1. The van der Waals surface area contributed by atoms with Gasteiger partial charge in [-0.2, -0.15) is 0 Å². The van der Waals surface area contributed by atoms with E-state index in [1.54, 1.807) is 0 Å². The molecular weight excluding hydrogens is 1050 g/mol. The highest BCUT2D eigenvalue weighted by Gasteiger charge is 2.27. The van der Waals surface area contributed by atoms with Crippen molar-refractivity contribution in [2.24, 2.45) is 0 Å². The Bertz CT molecular complexity index is 1740. The van der Waals surface area contributed by atoms with E-state index in [0.29, 0.717) is 17.4 Å². The molecule has 0 aliphatic carbocycles. The van der Waals surface area contributed by atoms with Crippen molar-refractivity contribution in [1.29, 1.82) is 0 Å². The fraction of sp³-hybridized carbons (Fsp3) is 0.753. The molecule has 0 aromatic rings. The SMILES string of the molecule is CC/C=C\C/C=C\C/C=C\C/C=C\C/C=C\CCCCCCCCCCCC(=O)OC(/C=C/CCCCCCCCCCC)C(COP(=O)([O-])OCC[N+](C)(C)C)NC(=O)CCCCCCCCCCCCC/C=C\C/C=C\CCCCC. The van der Waals surface area contributed by atoms with Crippen LogP contribution >= 0.6 is 7.82 Å². The maximum atomic E-state index is 13.6. The lowest BCUT2D eigenvalue weighted by atomic mass is 10.0. The largest absolute Gasteiger partial charge is 0.756 e. The van der Waals surface area contributed by atoms with Crippen LogP contribution < -0.4 is 10.2 Å². The molecule has 1 amide bonds. The summed E-state index contributed by atoms with van der Waals surface area (Å²) < 4.78 is 30.4. The molecule has 480 valence electrons. The summed E-state index contributed by atoms with van der Waals surface area (Å²) in [6.07, 6.45) is 83.8. The summed E-state index contributed by atoms with van der Waals surface area (Å²) in [5.41, 5.74) is 0. The number of phosphoric ester groups is 1. The van der Waals surface area contributed by atoms with Gasteiger partial charge in [0.05, 0.1) is 33.8 Å². The van der Waals surface area contributed by atoms with Gasteiger partial charge in [-0.05, 0) is 109 Å². The Morgan fingerprint density at radius 2 is 0.771 bits per heavy atom. The first-order valence-electron chi connectivity index (χ1n) is 34.5. The van der Waals surface area contributed by atoms with Crippen LogP contribution in [-0.2, 0) is 27.9 Å². The number of likely N-dealkylation sites (N-methyl/N-ethyl adjacent to an activating group) is 1. The number of hydrogen-bond acceptors (Lipinski definition) is 7. The Balaban J connectivity index is 5.08. The molecule has 0 aliphatic rings. The van der Waals surface area contributed by atoms with E-state index in [4.69, 9.17) is 13.8 Å². The summed E-state index contributed by atoms with van der Waals surface area (Å²) in [7, 11) is 1.18. The predicted octanol–water partition coefficient (Wildman–Crippen LogP) is 21.3. The highest BCUT2D eigenvalue weighted by Crippen LogP contribution is 2.38. The number of carbonyl (C=O) groups is 2. The quantitative estimate of drug-likeness (QED) is 0.0212. The second kappa shape index (κ2) is 62.0. The highest BCUT2D eigenvalue weighted by atomic mass is 31.2. The Morgan fingerprint density at radius 3 is 1.18 bits per heavy atom. The first kappa shape index (κ1) is 79.9. The smallest absolute Gasteiger partial charge is 0.306 e. The number of nitrogens with zero attached hydrogens (tertiary/aromatic N) is 1. The monoisotopic (exact) mass is 1180 g/mol. The number of amides is 1. The second-order valence-electron chi connectivity index (χ2n) is 24.3. The number of allylic oxidation sites excluding steroid dienone is 15. The molecule has 0 rings (SSSR count). The van der Waals surface area contributed by atoms with E-state index in [9.17, 15) is 19.0 Å². The van der Waals surface area contributed by atoms with Crippen LogP contribution in [0.1, 0.15) is 303 Å². The Labute approximate surface area is 513 Å². The molecule has 1 N–H and O–H groups in total. The van der Waals surface area contributed by atoms with E-state index in [2.05, 4.69) is 111 Å². The summed E-state index contributed by atoms with van der Waals surface area (Å²) >= 11 is 0. The second-order valence-corrected chi connectivity index (χ2v) is 25.7. The number of phosphoric acid groups is 1. The van der Waals surface area contributed by atoms with E-state index in [1.165, 1.54) is 154 Å². The lowest BCUT2D eigenvalue weighted by Gasteiger charge is -2.30. The van der Waals surface area contributed by atoms with Gasteiger partial charge >= 0.3 is 5.97 Å². The molecule has 0 spiro atoms. The average Bonchev–Trinajstić information content (AvgIpc) is 3.51. The molecule has 3 unspecified atom stereocenters. The van der Waals surface area contributed by atoms with Crippen molar-refractivity contribution >= 4 is 19.7 Å². The van der Waals surface area contributed by atoms with Crippen molar-refractivity contribution in [1.82, 2.24) is 5.32 Å². The van der Waals surface area contributed by atoms with Crippen molar-refractivity contribution in [3.05, 3.63) is 97.2 Å². The van der Waals surface area contributed by atoms with Crippen molar-refractivity contribution < 1.29 is 37.3 Å². The van der Waals surface area contributed by atoms with Gasteiger partial charge < -0.3 is 28.5 Å². The zero-order valence-electron chi connectivity index (χ0n) is 54.9. The molecule has 0 aromatic carbocycles. The van der Waals surface area contributed by atoms with Gasteiger partial charge in [-0.15, -0.1) is 0 Å². The van der Waals surface area contributed by atoms with Crippen LogP contribution in [-0.4, -0.2) is 69.4 Å². The van der Waals surface area contributed by atoms with Gasteiger partial charge in [0.25, 0.3) is 7.82 Å². The highest BCUT2D eigenvalue weighted by molar-refractivity contribution is 7.45. The van der Waals surface area contributed by atoms with Gasteiger partial charge in [-0.25, -0.2) is 0 Å². The van der Waals surface area contributed by atoms with Crippen molar-refractivity contribution in [2.45, 2.75) is 315 Å². The van der Waals surface area contributed by atoms with Gasteiger partial charge in [0.2, 0.25) is 5.91 Å². The molecule has 0 aromatic heterocycles. The Kier molecular flexibility index (Phi) is 59.7. The summed E-state index contributed by atoms with van der Waals surface area (Å²) in [6.45, 7) is 6.71. The number of carbonyl (C=O) groups excluding carboxylic acids is 2. The van der Waals surface area contributed by atoms with Crippen LogP contribution in [0.15, 0.2) is 97.2 Å². The average molecular weight is 1180 g/mol. The zero-order valence-corrected chi connectivity index (χ0v) is 55.8. The van der Waals surface area contributed by atoms with Gasteiger partial charge in [0.15, 0.2) is 0 Å². The number of nitrogens with one attached hydrogen (secondary N) is 1. The minimum absolute atomic E-state index is 0.0271. The zero-order chi connectivity index (χ0) is 60.7. The third kappa shape index (κ3) is 63.3. The first-order chi connectivity index (χ1) is 40.4. The number of ether oxygens (including phenoxy) is 1. The molecule has 0 saturated carbocycles. The molecule has 9 nitrogen and oxygen atoms in total. The summed E-state index contributed by atoms with van der Waals surface area (Å²) in [6, 6.07) is -0.897. The Morgan fingerprint density at radius 1 is 0.434 bits per heavy atom. The number of esters is 1. The maximum Gasteiger partial charge on any atom is 0.306 e. The van der Waals surface area contributed by atoms with Crippen LogP contribution in [0.4, 0.5) is 0 Å². The molecule has 10 heteroatoms. The summed E-state index contributed by atoms with van der Waals surface area (Å²) in [5.74, 6) is -0.548. The molecule has 0 bridgehead atoms. The summed E-state index contributed by atoms with van der Waals surface area (Å²) in [5, 5.41) is 3.04. The van der Waals surface area contributed by atoms with Crippen LogP contribution in [0, 0.1) is 0 Å². The van der Waals surface area contributed by atoms with E-state index >= 15 is 0 Å². The molecule has 0 heterocycles. The molecule has 0 saturated heterocycles. The normalized spacial score (nSPS) is 14.2. The third-order valence-corrected chi connectivity index (χ3v) is 16.0. The molecular formula is C73H131N2O7P. The maximum absolute atomic E-state index is 13.6. The summed E-state index contributed by atoms with van der Waals surface area (Å²) in [4.78, 5) is 40.1. The number of unbranched alkanes of at least 4 members (excludes halogenated alkanes) is 32. The molecule has 0 radical (unpaired) electrons. The van der Waals surface area contributed by atoms with Crippen LogP contribution in [0.3, 0.4) is 0 Å². The topological polar surface area (TPSA) is 114 Å². The first-order valence-corrected chi connectivity index (χ1v) is 36.0. The van der Waals surface area contributed by atoms with Gasteiger partial charge in [0.1, 0.15) is 19.3 Å². The van der Waals surface area contributed by atoms with Gasteiger partial charge in [-0.1, -0.05) is 279 Å². The number of quaternary nitrogens is 1. The minimum Gasteiger partial charge on any atom is -0.756 e. The lowest BCUT2D eigenvalue weighted by molar-refractivity contribution is -0.870. The van der Waals surface area contributed by atoms with E-state index in [1.807, 2.05) is 33.3 Å². The van der Waals surface area contributed by atoms with Gasteiger partial charge in [-0.3, -0.25) is 14.2 Å². The molecule has 0 aliphatic heterocycles. The lowest BCUT2D eigenvalue weighted by Crippen LogP contribution is -2.47. The van der Waals surface area contributed by atoms with Crippen LogP contribution in [0.5, 0.6) is 0 Å².